The quantitative estimate of drug-likeness (QED) is 0.584. The smallest absolute Gasteiger partial charge is 0.275 e. The van der Waals surface area contributed by atoms with Gasteiger partial charge in [-0.1, -0.05) is 0 Å². The van der Waals surface area contributed by atoms with Crippen LogP contribution in [0.25, 0.3) is 5.52 Å². The Balaban J connectivity index is 2.95. The van der Waals surface area contributed by atoms with Gasteiger partial charge in [-0.25, -0.2) is 4.52 Å². The van der Waals surface area contributed by atoms with Crippen LogP contribution >= 0.6 is 0 Å². The number of aromatic nitrogens is 3. The van der Waals surface area contributed by atoms with Crippen molar-refractivity contribution in [3.63, 3.8) is 0 Å². The van der Waals surface area contributed by atoms with Crippen LogP contribution in [0.1, 0.15) is 5.56 Å². The van der Waals surface area contributed by atoms with Crippen molar-refractivity contribution in [2.24, 2.45) is 0 Å². The van der Waals surface area contributed by atoms with Gasteiger partial charge in [-0.2, -0.15) is 10.4 Å². The van der Waals surface area contributed by atoms with Crippen LogP contribution in [0.4, 0.5) is 0 Å². The lowest BCUT2D eigenvalue weighted by Crippen LogP contribution is -2.09. The zero-order valence-electron chi connectivity index (χ0n) is 5.98. The third-order valence-corrected chi connectivity index (χ3v) is 1.54. The highest BCUT2D eigenvalue weighted by Gasteiger charge is 2.01. The normalized spacial score (nSPS) is 9.92. The molecule has 0 atom stereocenters. The summed E-state index contributed by atoms with van der Waals surface area (Å²) < 4.78 is 1.37. The molecule has 0 aliphatic rings. The Morgan fingerprint density at radius 2 is 2.50 bits per heavy atom. The summed E-state index contributed by atoms with van der Waals surface area (Å²) in [6, 6.07) is 3.42. The Kier molecular flexibility index (Phi) is 1.21. The average Bonchev–Trinajstić information content (AvgIpc) is 2.49. The standard InChI is InChI=1S/C7H4N4O/c8-2-5-1-6-7(12)9-4-10-11(6)3-5/h1,3-4H,(H,9,10,12). The molecule has 12 heavy (non-hydrogen) atoms. The van der Waals surface area contributed by atoms with Gasteiger partial charge >= 0.3 is 0 Å². The Hall–Kier alpha value is -2.09. The molecule has 0 spiro atoms. The summed E-state index contributed by atoms with van der Waals surface area (Å²) in [7, 11) is 0. The third kappa shape index (κ3) is 0.787. The topological polar surface area (TPSA) is 73.9 Å². The van der Waals surface area contributed by atoms with Gasteiger partial charge in [0.25, 0.3) is 5.56 Å². The van der Waals surface area contributed by atoms with E-state index in [9.17, 15) is 4.79 Å². The van der Waals surface area contributed by atoms with Crippen LogP contribution in [0.5, 0.6) is 0 Å². The third-order valence-electron chi connectivity index (χ3n) is 1.54. The van der Waals surface area contributed by atoms with Gasteiger partial charge in [0, 0.05) is 6.20 Å². The van der Waals surface area contributed by atoms with Crippen LogP contribution in [0.3, 0.4) is 0 Å². The molecular weight excluding hydrogens is 156 g/mol. The molecule has 0 bridgehead atoms. The van der Waals surface area contributed by atoms with E-state index in [2.05, 4.69) is 10.1 Å². The summed E-state index contributed by atoms with van der Waals surface area (Å²) in [5.41, 5.74) is 0.569. The number of nitrogens with one attached hydrogen (secondary N) is 1. The fraction of sp³-hybridized carbons (Fsp3) is 0. The second-order valence-electron chi connectivity index (χ2n) is 2.29. The van der Waals surface area contributed by atoms with Crippen molar-refractivity contribution >= 4 is 5.52 Å². The zero-order valence-corrected chi connectivity index (χ0v) is 5.98. The van der Waals surface area contributed by atoms with E-state index in [-0.39, 0.29) is 5.56 Å². The minimum Gasteiger partial charge on any atom is -0.310 e. The molecule has 0 unspecified atom stereocenters. The lowest BCUT2D eigenvalue weighted by molar-refractivity contribution is 0.888. The molecule has 0 fully saturated rings. The van der Waals surface area contributed by atoms with Crippen molar-refractivity contribution < 1.29 is 0 Å². The maximum Gasteiger partial charge on any atom is 0.275 e. The van der Waals surface area contributed by atoms with E-state index in [1.54, 1.807) is 0 Å². The molecule has 0 aliphatic carbocycles. The highest BCUT2D eigenvalue weighted by atomic mass is 16.1. The average molecular weight is 160 g/mol. The van der Waals surface area contributed by atoms with Crippen LogP contribution in [0.15, 0.2) is 23.4 Å². The fourth-order valence-corrected chi connectivity index (χ4v) is 1.00. The molecule has 0 aliphatic heterocycles. The first-order valence-corrected chi connectivity index (χ1v) is 3.27. The van der Waals surface area contributed by atoms with E-state index in [4.69, 9.17) is 5.26 Å². The number of H-pyrrole nitrogens is 1. The predicted octanol–water partition coefficient (Wildman–Crippen LogP) is -0.106. The molecule has 2 aromatic heterocycles. The summed E-state index contributed by atoms with van der Waals surface area (Å²) in [6.07, 6.45) is 2.79. The second-order valence-corrected chi connectivity index (χ2v) is 2.29. The molecule has 2 rings (SSSR count). The van der Waals surface area contributed by atoms with E-state index >= 15 is 0 Å². The minimum absolute atomic E-state index is 0.244. The number of nitrogens with zero attached hydrogens (tertiary/aromatic N) is 3. The Bertz CT molecular complexity index is 516. The fourth-order valence-electron chi connectivity index (χ4n) is 1.00. The molecule has 5 heteroatoms. The van der Waals surface area contributed by atoms with Gasteiger partial charge in [0.05, 0.1) is 5.56 Å². The minimum atomic E-state index is -0.244. The molecule has 1 N–H and O–H groups in total. The zero-order chi connectivity index (χ0) is 8.55. The van der Waals surface area contributed by atoms with Crippen molar-refractivity contribution in [1.82, 2.24) is 14.6 Å². The molecule has 0 aromatic carbocycles. The number of hydrogen-bond donors (Lipinski definition) is 1. The van der Waals surface area contributed by atoms with E-state index in [1.807, 2.05) is 6.07 Å². The molecule has 58 valence electrons. The molecule has 2 aromatic rings. The maximum absolute atomic E-state index is 11.1. The Morgan fingerprint density at radius 3 is 3.17 bits per heavy atom. The van der Waals surface area contributed by atoms with Crippen molar-refractivity contribution in [1.29, 1.82) is 5.26 Å². The molecular formula is C7H4N4O. The van der Waals surface area contributed by atoms with Gasteiger partial charge in [-0.3, -0.25) is 4.79 Å². The Labute approximate surface area is 66.9 Å². The monoisotopic (exact) mass is 160 g/mol. The molecule has 2 heterocycles. The van der Waals surface area contributed by atoms with Crippen molar-refractivity contribution in [3.8, 4) is 6.07 Å². The summed E-state index contributed by atoms with van der Waals surface area (Å²) >= 11 is 0. The van der Waals surface area contributed by atoms with E-state index < -0.39 is 0 Å². The van der Waals surface area contributed by atoms with Crippen molar-refractivity contribution in [2.75, 3.05) is 0 Å². The largest absolute Gasteiger partial charge is 0.310 e. The Morgan fingerprint density at radius 1 is 1.67 bits per heavy atom. The highest BCUT2D eigenvalue weighted by Crippen LogP contribution is 2.00. The second kappa shape index (κ2) is 2.20. The number of hydrogen-bond acceptors (Lipinski definition) is 3. The number of nitriles is 1. The summed E-state index contributed by atoms with van der Waals surface area (Å²) in [5.74, 6) is 0. The summed E-state index contributed by atoms with van der Waals surface area (Å²) in [6.45, 7) is 0. The summed E-state index contributed by atoms with van der Waals surface area (Å²) in [4.78, 5) is 13.5. The van der Waals surface area contributed by atoms with Crippen LogP contribution in [-0.2, 0) is 0 Å². The van der Waals surface area contributed by atoms with Gasteiger partial charge in [0.1, 0.15) is 17.9 Å². The van der Waals surface area contributed by atoms with E-state index in [1.165, 1.54) is 23.1 Å². The first-order chi connectivity index (χ1) is 5.81. The van der Waals surface area contributed by atoms with E-state index in [0.29, 0.717) is 11.1 Å². The molecule has 0 amide bonds. The SMILES string of the molecule is N#Cc1cc2c(=O)[nH]cnn2c1. The maximum atomic E-state index is 11.1. The lowest BCUT2D eigenvalue weighted by atomic mass is 10.4. The molecule has 5 nitrogen and oxygen atoms in total. The van der Waals surface area contributed by atoms with Gasteiger partial charge in [0.2, 0.25) is 0 Å². The van der Waals surface area contributed by atoms with Crippen LogP contribution in [0, 0.1) is 11.3 Å². The van der Waals surface area contributed by atoms with Crippen LogP contribution in [-0.4, -0.2) is 14.6 Å². The lowest BCUT2D eigenvalue weighted by Gasteiger charge is -1.87. The number of rotatable bonds is 0. The predicted molar refractivity (Wildman–Crippen MR) is 40.5 cm³/mol. The summed E-state index contributed by atoms with van der Waals surface area (Å²) in [5, 5.41) is 12.3. The van der Waals surface area contributed by atoms with Gasteiger partial charge in [0.15, 0.2) is 0 Å². The van der Waals surface area contributed by atoms with Gasteiger partial charge in [-0.15, -0.1) is 0 Å². The molecule has 0 saturated heterocycles. The number of aromatic amines is 1. The van der Waals surface area contributed by atoms with E-state index in [0.717, 1.165) is 0 Å². The van der Waals surface area contributed by atoms with Gasteiger partial charge < -0.3 is 4.98 Å². The first-order valence-electron chi connectivity index (χ1n) is 3.27. The molecule has 0 radical (unpaired) electrons. The molecule has 0 saturated carbocycles. The number of fused-ring (bicyclic) bond motifs is 1. The van der Waals surface area contributed by atoms with Crippen LogP contribution in [0.2, 0.25) is 0 Å². The first kappa shape index (κ1) is 6.61. The van der Waals surface area contributed by atoms with Crippen molar-refractivity contribution in [3.05, 3.63) is 34.5 Å². The van der Waals surface area contributed by atoms with Gasteiger partial charge in [-0.05, 0) is 6.07 Å². The van der Waals surface area contributed by atoms with Crippen molar-refractivity contribution in [2.45, 2.75) is 0 Å². The highest BCUT2D eigenvalue weighted by molar-refractivity contribution is 5.50. The van der Waals surface area contributed by atoms with Crippen LogP contribution < -0.4 is 5.56 Å².